The Morgan fingerprint density at radius 2 is 1.80 bits per heavy atom. The molecule has 1 aromatic carbocycles. The predicted octanol–water partition coefficient (Wildman–Crippen LogP) is 3.11. The Kier molecular flexibility index (Phi) is 5.92. The fraction of sp³-hybridized carbons (Fsp3) is 0.667. The van der Waals surface area contributed by atoms with Gasteiger partial charge in [-0.25, -0.2) is 0 Å². The van der Waals surface area contributed by atoms with Crippen LogP contribution in [0.5, 0.6) is 0 Å². The van der Waals surface area contributed by atoms with E-state index in [0.29, 0.717) is 6.10 Å². The Balaban J connectivity index is 1.62. The van der Waals surface area contributed by atoms with Crippen LogP contribution in [0.3, 0.4) is 0 Å². The zero-order valence-corrected chi connectivity index (χ0v) is 16.2. The third-order valence-corrected chi connectivity index (χ3v) is 5.82. The number of hydrogen-bond donors (Lipinski definition) is 0. The summed E-state index contributed by atoms with van der Waals surface area (Å²) >= 11 is 0. The second-order valence-corrected chi connectivity index (χ2v) is 7.76. The first kappa shape index (κ1) is 18.6. The van der Waals surface area contributed by atoms with Crippen molar-refractivity contribution in [3.8, 4) is 0 Å². The number of nitrogens with zero attached hydrogens (tertiary/aromatic N) is 2. The number of carbonyl (C=O) groups is 1. The van der Waals surface area contributed by atoms with E-state index < -0.39 is 0 Å². The van der Waals surface area contributed by atoms with Crippen LogP contribution in [0.25, 0.3) is 0 Å². The Morgan fingerprint density at radius 3 is 2.40 bits per heavy atom. The molecule has 0 amide bonds. The molecular weight excluding hydrogens is 312 g/mol. The van der Waals surface area contributed by atoms with Gasteiger partial charge < -0.3 is 4.74 Å². The van der Waals surface area contributed by atoms with Gasteiger partial charge in [0.15, 0.2) is 5.78 Å². The van der Waals surface area contributed by atoms with E-state index in [4.69, 9.17) is 4.74 Å². The zero-order valence-electron chi connectivity index (χ0n) is 16.2. The molecule has 1 aromatic rings. The van der Waals surface area contributed by atoms with E-state index in [-0.39, 0.29) is 5.78 Å². The second kappa shape index (κ2) is 7.98. The number of hydrogen-bond acceptors (Lipinski definition) is 4. The minimum Gasteiger partial charge on any atom is -0.377 e. The third kappa shape index (κ3) is 4.30. The molecule has 0 N–H and O–H groups in total. The van der Waals surface area contributed by atoms with Gasteiger partial charge in [-0.15, -0.1) is 0 Å². The highest BCUT2D eigenvalue weighted by molar-refractivity contribution is 5.97. The number of Topliss-reactive ketones (excluding diaryl/α,β-unsaturated/α-hetero) is 1. The number of ketones is 1. The topological polar surface area (TPSA) is 32.8 Å². The van der Waals surface area contributed by atoms with E-state index in [2.05, 4.69) is 29.7 Å². The van der Waals surface area contributed by atoms with Gasteiger partial charge in [-0.2, -0.15) is 0 Å². The van der Waals surface area contributed by atoms with Crippen molar-refractivity contribution in [2.45, 2.75) is 53.2 Å². The molecule has 0 radical (unpaired) electrons. The number of ether oxygens (including phenoxy) is 1. The molecule has 0 unspecified atom stereocenters. The molecule has 0 saturated carbocycles. The standard InChI is InChI=1S/C21H32N2O2/c1-15-12-16(2)21(18(4)24)17(3)20(15)14-23-9-7-22(8-10-23)13-19-6-5-11-25-19/h12,19H,5-11,13-14H2,1-4H3/t19-/m0/s1. The van der Waals surface area contributed by atoms with E-state index in [1.807, 2.05) is 6.92 Å². The highest BCUT2D eigenvalue weighted by atomic mass is 16.5. The van der Waals surface area contributed by atoms with Crippen LogP contribution in [-0.4, -0.2) is 61.0 Å². The predicted molar refractivity (Wildman–Crippen MR) is 101 cm³/mol. The number of aryl methyl sites for hydroxylation is 2. The lowest BCUT2D eigenvalue weighted by Crippen LogP contribution is -2.48. The molecule has 2 saturated heterocycles. The smallest absolute Gasteiger partial charge is 0.160 e. The molecule has 3 rings (SSSR count). The fourth-order valence-corrected chi connectivity index (χ4v) is 4.44. The zero-order chi connectivity index (χ0) is 18.0. The van der Waals surface area contributed by atoms with Gasteiger partial charge in [0.2, 0.25) is 0 Å². The Hall–Kier alpha value is -1.23. The van der Waals surface area contributed by atoms with Gasteiger partial charge in [-0.1, -0.05) is 6.07 Å². The van der Waals surface area contributed by atoms with Crippen molar-refractivity contribution in [2.24, 2.45) is 0 Å². The highest BCUT2D eigenvalue weighted by Crippen LogP contribution is 2.25. The van der Waals surface area contributed by atoms with Crippen molar-refractivity contribution >= 4 is 5.78 Å². The van der Waals surface area contributed by atoms with Gasteiger partial charge in [0.05, 0.1) is 6.10 Å². The van der Waals surface area contributed by atoms with Crippen LogP contribution in [0.4, 0.5) is 0 Å². The van der Waals surface area contributed by atoms with Crippen LogP contribution < -0.4 is 0 Å². The van der Waals surface area contributed by atoms with E-state index in [1.54, 1.807) is 6.92 Å². The van der Waals surface area contributed by atoms with Crippen molar-refractivity contribution < 1.29 is 9.53 Å². The number of carbonyl (C=O) groups excluding carboxylic acids is 1. The molecule has 0 spiro atoms. The van der Waals surface area contributed by atoms with Gasteiger partial charge in [-0.3, -0.25) is 14.6 Å². The van der Waals surface area contributed by atoms with E-state index >= 15 is 0 Å². The molecule has 0 aromatic heterocycles. The molecule has 2 fully saturated rings. The number of piperazine rings is 1. The molecule has 4 heteroatoms. The molecule has 2 aliphatic heterocycles. The van der Waals surface area contributed by atoms with Gasteiger partial charge in [0.1, 0.15) is 0 Å². The monoisotopic (exact) mass is 344 g/mol. The summed E-state index contributed by atoms with van der Waals surface area (Å²) in [5, 5.41) is 0. The van der Waals surface area contributed by atoms with Gasteiger partial charge in [0, 0.05) is 51.4 Å². The SMILES string of the molecule is CC(=O)c1c(C)cc(C)c(CN2CCN(C[C@@H]3CCCO3)CC2)c1C. The Labute approximate surface area is 152 Å². The number of rotatable bonds is 5. The first-order chi connectivity index (χ1) is 12.0. The molecule has 0 bridgehead atoms. The minimum atomic E-state index is 0.178. The second-order valence-electron chi connectivity index (χ2n) is 7.76. The van der Waals surface area contributed by atoms with E-state index in [1.165, 1.54) is 29.5 Å². The van der Waals surface area contributed by atoms with E-state index in [9.17, 15) is 4.79 Å². The van der Waals surface area contributed by atoms with Gasteiger partial charge >= 0.3 is 0 Å². The van der Waals surface area contributed by atoms with Crippen molar-refractivity contribution in [1.82, 2.24) is 9.80 Å². The number of benzene rings is 1. The lowest BCUT2D eigenvalue weighted by atomic mass is 9.91. The minimum absolute atomic E-state index is 0.178. The third-order valence-electron chi connectivity index (χ3n) is 5.82. The summed E-state index contributed by atoms with van der Waals surface area (Å²) in [6.45, 7) is 15.4. The lowest BCUT2D eigenvalue weighted by molar-refractivity contribution is 0.0489. The molecule has 0 aliphatic carbocycles. The summed E-state index contributed by atoms with van der Waals surface area (Å²) in [5.74, 6) is 0.178. The van der Waals surface area contributed by atoms with Crippen LogP contribution in [0.2, 0.25) is 0 Å². The van der Waals surface area contributed by atoms with Crippen molar-refractivity contribution in [2.75, 3.05) is 39.3 Å². The van der Waals surface area contributed by atoms with Gasteiger partial charge in [0.25, 0.3) is 0 Å². The Morgan fingerprint density at radius 1 is 1.12 bits per heavy atom. The average molecular weight is 344 g/mol. The first-order valence-electron chi connectivity index (χ1n) is 9.62. The van der Waals surface area contributed by atoms with Gasteiger partial charge in [-0.05, 0) is 62.8 Å². The molecule has 4 nitrogen and oxygen atoms in total. The largest absolute Gasteiger partial charge is 0.377 e. The molecule has 138 valence electrons. The maximum atomic E-state index is 12.0. The van der Waals surface area contributed by atoms with E-state index in [0.717, 1.165) is 57.0 Å². The highest BCUT2D eigenvalue weighted by Gasteiger charge is 2.24. The maximum absolute atomic E-state index is 12.0. The molecule has 2 heterocycles. The summed E-state index contributed by atoms with van der Waals surface area (Å²) in [6.07, 6.45) is 2.89. The average Bonchev–Trinajstić information content (AvgIpc) is 3.05. The summed E-state index contributed by atoms with van der Waals surface area (Å²) < 4.78 is 5.77. The summed E-state index contributed by atoms with van der Waals surface area (Å²) in [6, 6.07) is 2.17. The summed E-state index contributed by atoms with van der Waals surface area (Å²) in [4.78, 5) is 17.1. The fourth-order valence-electron chi connectivity index (χ4n) is 4.44. The molecular formula is C21H32N2O2. The molecule has 1 atom stereocenters. The van der Waals surface area contributed by atoms with Crippen molar-refractivity contribution in [3.63, 3.8) is 0 Å². The Bertz CT molecular complexity index is 627. The maximum Gasteiger partial charge on any atom is 0.160 e. The summed E-state index contributed by atoms with van der Waals surface area (Å²) in [7, 11) is 0. The van der Waals surface area contributed by atoms with Crippen LogP contribution in [0.15, 0.2) is 6.07 Å². The molecule has 25 heavy (non-hydrogen) atoms. The summed E-state index contributed by atoms with van der Waals surface area (Å²) in [5.41, 5.74) is 5.84. The molecule has 2 aliphatic rings. The normalized spacial score (nSPS) is 22.5. The van der Waals surface area contributed by atoms with Crippen LogP contribution in [0, 0.1) is 20.8 Å². The van der Waals surface area contributed by atoms with Crippen molar-refractivity contribution in [1.29, 1.82) is 0 Å². The first-order valence-corrected chi connectivity index (χ1v) is 9.62. The quantitative estimate of drug-likeness (QED) is 0.769. The lowest BCUT2D eigenvalue weighted by Gasteiger charge is -2.36. The van der Waals surface area contributed by atoms with Crippen molar-refractivity contribution in [3.05, 3.63) is 33.9 Å². The van der Waals surface area contributed by atoms with Crippen LogP contribution in [-0.2, 0) is 11.3 Å². The van der Waals surface area contributed by atoms with Crippen LogP contribution in [0.1, 0.15) is 52.4 Å². The van der Waals surface area contributed by atoms with Crippen LogP contribution >= 0.6 is 0 Å².